The van der Waals surface area contributed by atoms with E-state index >= 15 is 0 Å². The Hall–Kier alpha value is -5.25. The second-order valence-corrected chi connectivity index (χ2v) is 9.88. The Labute approximate surface area is 253 Å². The highest BCUT2D eigenvalue weighted by atomic mass is 19.1. The molecule has 44 heavy (non-hydrogen) atoms. The third-order valence-corrected chi connectivity index (χ3v) is 7.07. The van der Waals surface area contributed by atoms with E-state index in [0.29, 0.717) is 29.0 Å². The van der Waals surface area contributed by atoms with Gasteiger partial charge in [0.2, 0.25) is 0 Å². The van der Waals surface area contributed by atoms with Crippen LogP contribution in [0.2, 0.25) is 0 Å². The Kier molecular flexibility index (Phi) is 10.6. The first-order valence-electron chi connectivity index (χ1n) is 13.8. The van der Waals surface area contributed by atoms with E-state index in [-0.39, 0.29) is 42.7 Å². The van der Waals surface area contributed by atoms with Gasteiger partial charge in [0.15, 0.2) is 11.5 Å². The summed E-state index contributed by atoms with van der Waals surface area (Å²) in [6.07, 6.45) is 0.166. The number of rotatable bonds is 13. The number of ether oxygens (including phenoxy) is 2. The molecule has 0 aromatic heterocycles. The Balaban J connectivity index is 1.61. The van der Waals surface area contributed by atoms with Crippen LogP contribution in [0, 0.1) is 11.6 Å². The zero-order valence-corrected chi connectivity index (χ0v) is 24.3. The average molecular weight is 603 g/mol. The number of carboxylic acids is 1. The fourth-order valence-electron chi connectivity index (χ4n) is 4.79. The Bertz CT molecular complexity index is 1660. The Morgan fingerprint density at radius 1 is 0.795 bits per heavy atom. The highest BCUT2D eigenvalue weighted by molar-refractivity contribution is 6.06. The molecule has 10 heteroatoms. The summed E-state index contributed by atoms with van der Waals surface area (Å²) in [6.45, 7) is -0.0508. The number of halogens is 2. The van der Waals surface area contributed by atoms with E-state index in [9.17, 15) is 28.3 Å². The molecule has 4 aromatic rings. The number of aliphatic carboxylic acids is 1. The van der Waals surface area contributed by atoms with Gasteiger partial charge in [-0.05, 0) is 65.6 Å². The number of carboxylic acid groups (broad SMARTS) is 1. The molecule has 0 saturated heterocycles. The minimum absolute atomic E-state index is 0.00467. The third kappa shape index (κ3) is 7.77. The monoisotopic (exact) mass is 602 g/mol. The van der Waals surface area contributed by atoms with Gasteiger partial charge in [-0.25, -0.2) is 8.78 Å². The lowest BCUT2D eigenvalue weighted by atomic mass is 9.94. The van der Waals surface area contributed by atoms with Crippen LogP contribution in [-0.2, 0) is 17.8 Å². The largest absolute Gasteiger partial charge is 0.493 e. The van der Waals surface area contributed by atoms with Crippen molar-refractivity contribution in [2.45, 2.75) is 19.4 Å². The average Bonchev–Trinajstić information content (AvgIpc) is 3.04. The summed E-state index contributed by atoms with van der Waals surface area (Å²) in [4.78, 5) is 40.1. The number of nitrogens with one attached hydrogen (secondary N) is 1. The molecular formula is C34H32F2N2O6. The van der Waals surface area contributed by atoms with Gasteiger partial charge in [0.1, 0.15) is 11.6 Å². The molecule has 2 N–H and O–H groups in total. The van der Waals surface area contributed by atoms with Crippen molar-refractivity contribution in [1.29, 1.82) is 0 Å². The van der Waals surface area contributed by atoms with Gasteiger partial charge in [-0.15, -0.1) is 0 Å². The van der Waals surface area contributed by atoms with E-state index in [0.717, 1.165) is 23.8 Å². The molecule has 2 amide bonds. The summed E-state index contributed by atoms with van der Waals surface area (Å²) in [5.41, 5.74) is 2.28. The van der Waals surface area contributed by atoms with Crippen LogP contribution >= 0.6 is 0 Å². The smallest absolute Gasteiger partial charge is 0.305 e. The van der Waals surface area contributed by atoms with Gasteiger partial charge >= 0.3 is 5.97 Å². The minimum Gasteiger partial charge on any atom is -0.493 e. The summed E-state index contributed by atoms with van der Waals surface area (Å²) in [7, 11) is 3.06. The molecule has 0 radical (unpaired) electrons. The Morgan fingerprint density at radius 2 is 1.45 bits per heavy atom. The van der Waals surface area contributed by atoms with Crippen LogP contribution in [0.15, 0.2) is 84.9 Å². The molecule has 0 heterocycles. The van der Waals surface area contributed by atoms with Gasteiger partial charge in [-0.2, -0.15) is 0 Å². The Morgan fingerprint density at radius 3 is 2.14 bits per heavy atom. The standard InChI is InChI=1S/C34H32F2N2O6/c1-43-30-14-11-22(19-31(30)44-2)15-17-38(18-16-32(39)40)34(42)28-10-6-4-8-26(28)25-7-3-5-9-27(25)33(41)37-21-23-20-24(35)12-13-29(23)36/h3-14,19-20H,15-18,21H2,1-2H3,(H,37,41)(H,39,40). The second kappa shape index (κ2) is 14.8. The highest BCUT2D eigenvalue weighted by Gasteiger charge is 2.23. The van der Waals surface area contributed by atoms with Crippen molar-refractivity contribution in [3.63, 3.8) is 0 Å². The van der Waals surface area contributed by atoms with Crippen molar-refractivity contribution in [3.8, 4) is 22.6 Å². The number of hydrogen-bond donors (Lipinski definition) is 2. The summed E-state index contributed by atoms with van der Waals surface area (Å²) in [5, 5.41) is 12.0. The van der Waals surface area contributed by atoms with Gasteiger partial charge in [-0.3, -0.25) is 14.4 Å². The number of benzene rings is 4. The van der Waals surface area contributed by atoms with E-state index < -0.39 is 29.4 Å². The van der Waals surface area contributed by atoms with E-state index in [1.807, 2.05) is 6.07 Å². The summed E-state index contributed by atoms with van der Waals surface area (Å²) in [6, 6.07) is 21.8. The van der Waals surface area contributed by atoms with Crippen LogP contribution in [-0.4, -0.2) is 55.1 Å². The van der Waals surface area contributed by atoms with Crippen LogP contribution in [0.1, 0.15) is 38.3 Å². The van der Waals surface area contributed by atoms with Gasteiger partial charge < -0.3 is 24.8 Å². The fourth-order valence-corrected chi connectivity index (χ4v) is 4.79. The number of amides is 2. The van der Waals surface area contributed by atoms with Crippen molar-refractivity contribution < 1.29 is 37.7 Å². The molecule has 0 atom stereocenters. The van der Waals surface area contributed by atoms with Gasteiger partial charge in [0.05, 0.1) is 20.6 Å². The van der Waals surface area contributed by atoms with E-state index in [2.05, 4.69) is 5.32 Å². The molecule has 0 aliphatic rings. The maximum atomic E-state index is 14.1. The van der Waals surface area contributed by atoms with Crippen LogP contribution in [0.5, 0.6) is 11.5 Å². The SMILES string of the molecule is COc1ccc(CCN(CCC(=O)O)C(=O)c2ccccc2-c2ccccc2C(=O)NCc2cc(F)ccc2F)cc1OC. The van der Waals surface area contributed by atoms with E-state index in [1.165, 1.54) is 19.1 Å². The van der Waals surface area contributed by atoms with Crippen molar-refractivity contribution in [2.24, 2.45) is 0 Å². The molecule has 0 fully saturated rings. The molecule has 0 spiro atoms. The molecule has 4 rings (SSSR count). The highest BCUT2D eigenvalue weighted by Crippen LogP contribution is 2.30. The first-order chi connectivity index (χ1) is 21.2. The predicted octanol–water partition coefficient (Wildman–Crippen LogP) is 5.74. The molecular weight excluding hydrogens is 570 g/mol. The van der Waals surface area contributed by atoms with Crippen LogP contribution < -0.4 is 14.8 Å². The van der Waals surface area contributed by atoms with E-state index in [1.54, 1.807) is 60.7 Å². The number of hydrogen-bond acceptors (Lipinski definition) is 5. The predicted molar refractivity (Wildman–Crippen MR) is 161 cm³/mol. The van der Waals surface area contributed by atoms with Crippen molar-refractivity contribution in [1.82, 2.24) is 10.2 Å². The molecule has 0 unspecified atom stereocenters. The minimum atomic E-state index is -1.04. The van der Waals surface area contributed by atoms with Crippen LogP contribution in [0.4, 0.5) is 8.78 Å². The first-order valence-corrected chi connectivity index (χ1v) is 13.8. The van der Waals surface area contributed by atoms with Crippen LogP contribution in [0.25, 0.3) is 11.1 Å². The first kappa shape index (κ1) is 31.7. The third-order valence-electron chi connectivity index (χ3n) is 7.07. The zero-order chi connectivity index (χ0) is 31.6. The fraction of sp³-hybridized carbons (Fsp3) is 0.206. The van der Waals surface area contributed by atoms with Crippen molar-refractivity contribution >= 4 is 17.8 Å². The lowest BCUT2D eigenvalue weighted by molar-refractivity contribution is -0.137. The molecule has 0 bridgehead atoms. The normalized spacial score (nSPS) is 10.6. The summed E-state index contributed by atoms with van der Waals surface area (Å²) in [5.74, 6) is -2.16. The van der Waals surface area contributed by atoms with Crippen molar-refractivity contribution in [2.75, 3.05) is 27.3 Å². The van der Waals surface area contributed by atoms with Gasteiger partial charge in [0.25, 0.3) is 11.8 Å². The lowest BCUT2D eigenvalue weighted by Crippen LogP contribution is -2.35. The summed E-state index contributed by atoms with van der Waals surface area (Å²) >= 11 is 0. The lowest BCUT2D eigenvalue weighted by Gasteiger charge is -2.24. The molecule has 0 saturated carbocycles. The summed E-state index contributed by atoms with van der Waals surface area (Å²) < 4.78 is 38.4. The second-order valence-electron chi connectivity index (χ2n) is 9.88. The van der Waals surface area contributed by atoms with Crippen molar-refractivity contribution in [3.05, 3.63) is 119 Å². The molecule has 8 nitrogen and oxygen atoms in total. The number of nitrogens with zero attached hydrogens (tertiary/aromatic N) is 1. The molecule has 0 aliphatic heterocycles. The van der Waals surface area contributed by atoms with Gasteiger partial charge in [-0.1, -0.05) is 42.5 Å². The number of carbonyl (C=O) groups is 3. The zero-order valence-electron chi connectivity index (χ0n) is 24.3. The number of methoxy groups -OCH3 is 2. The van der Waals surface area contributed by atoms with Gasteiger partial charge in [0, 0.05) is 36.3 Å². The molecule has 0 aliphatic carbocycles. The van der Waals surface area contributed by atoms with Crippen LogP contribution in [0.3, 0.4) is 0 Å². The molecule has 4 aromatic carbocycles. The maximum absolute atomic E-state index is 14.1. The quantitative estimate of drug-likeness (QED) is 0.202. The molecule has 228 valence electrons. The topological polar surface area (TPSA) is 105 Å². The van der Waals surface area contributed by atoms with E-state index in [4.69, 9.17) is 9.47 Å². The maximum Gasteiger partial charge on any atom is 0.305 e. The number of carbonyl (C=O) groups excluding carboxylic acids is 2.